The van der Waals surface area contributed by atoms with E-state index in [9.17, 15) is 14.4 Å². The average molecular weight is 587 g/mol. The summed E-state index contributed by atoms with van der Waals surface area (Å²) < 4.78 is 6.79. The normalized spacial score (nSPS) is 14.4. The summed E-state index contributed by atoms with van der Waals surface area (Å²) in [5, 5.41) is 4.55. The van der Waals surface area contributed by atoms with Crippen molar-refractivity contribution in [1.29, 1.82) is 0 Å². The molecule has 0 aromatic heterocycles. The van der Waals surface area contributed by atoms with Crippen LogP contribution in [-0.4, -0.2) is 28.5 Å². The van der Waals surface area contributed by atoms with Crippen molar-refractivity contribution < 1.29 is 19.1 Å². The first-order valence-electron chi connectivity index (χ1n) is 11.9. The van der Waals surface area contributed by atoms with Crippen molar-refractivity contribution in [2.75, 3.05) is 11.9 Å². The van der Waals surface area contributed by atoms with Crippen LogP contribution in [0.15, 0.2) is 94.3 Å². The Morgan fingerprint density at radius 2 is 1.79 bits per heavy atom. The summed E-state index contributed by atoms with van der Waals surface area (Å²) in [6.45, 7) is 1.97. The number of fused-ring (bicyclic) bond motifs is 1. The molecule has 0 aliphatic carbocycles. The average Bonchev–Trinajstić information content (AvgIpc) is 3.15. The SMILES string of the molecule is Cc1cccc(NC(=O)CN2C(=O)S/C(=C\c3ccc(OCc4cccc5ccccc45)c(Br)c3)C2=O)c1. The lowest BCUT2D eigenvalue weighted by Gasteiger charge is -2.12. The summed E-state index contributed by atoms with van der Waals surface area (Å²) in [5.41, 5.74) is 3.42. The van der Waals surface area contributed by atoms with Crippen LogP contribution in [-0.2, 0) is 16.2 Å². The topological polar surface area (TPSA) is 75.7 Å². The van der Waals surface area contributed by atoms with Crippen LogP contribution in [0.25, 0.3) is 16.8 Å². The number of rotatable bonds is 7. The van der Waals surface area contributed by atoms with Crippen molar-refractivity contribution in [2.45, 2.75) is 13.5 Å². The minimum absolute atomic E-state index is 0.259. The molecule has 1 saturated heterocycles. The van der Waals surface area contributed by atoms with Crippen molar-refractivity contribution >= 4 is 67.3 Å². The van der Waals surface area contributed by atoms with Gasteiger partial charge in [0.05, 0.1) is 9.38 Å². The third-order valence-corrected chi connectivity index (χ3v) is 7.52. The van der Waals surface area contributed by atoms with Gasteiger partial charge in [-0.25, -0.2) is 0 Å². The molecule has 0 atom stereocenters. The fourth-order valence-electron chi connectivity index (χ4n) is 4.15. The number of nitrogens with zero attached hydrogens (tertiary/aromatic N) is 1. The van der Waals surface area contributed by atoms with Gasteiger partial charge in [-0.15, -0.1) is 0 Å². The maximum absolute atomic E-state index is 12.9. The van der Waals surface area contributed by atoms with E-state index in [0.29, 0.717) is 18.0 Å². The number of hydrogen-bond donors (Lipinski definition) is 1. The number of hydrogen-bond acceptors (Lipinski definition) is 5. The standard InChI is InChI=1S/C30H23BrN2O4S/c1-19-6-4-10-23(14-19)32-28(34)17-33-29(35)27(38-30(33)36)16-20-12-13-26(25(31)15-20)37-18-22-9-5-8-21-7-2-3-11-24(21)22/h2-16H,17-18H2,1H3,(H,32,34)/b27-16-. The maximum atomic E-state index is 12.9. The number of carbonyl (C=O) groups excluding carboxylic acids is 3. The van der Waals surface area contributed by atoms with E-state index < -0.39 is 17.1 Å². The Hall–Kier alpha value is -3.88. The highest BCUT2D eigenvalue weighted by Gasteiger charge is 2.36. The van der Waals surface area contributed by atoms with Crippen molar-refractivity contribution in [3.63, 3.8) is 0 Å². The van der Waals surface area contributed by atoms with Crippen LogP contribution in [0.1, 0.15) is 16.7 Å². The first kappa shape index (κ1) is 25.8. The second-order valence-corrected chi connectivity index (χ2v) is 10.6. The van der Waals surface area contributed by atoms with E-state index in [1.807, 2.05) is 67.6 Å². The molecule has 8 heteroatoms. The Kier molecular flexibility index (Phi) is 7.62. The van der Waals surface area contributed by atoms with Crippen molar-refractivity contribution in [2.24, 2.45) is 0 Å². The number of carbonyl (C=O) groups is 3. The lowest BCUT2D eigenvalue weighted by atomic mass is 10.1. The summed E-state index contributed by atoms with van der Waals surface area (Å²) in [7, 11) is 0. The Bertz CT molecular complexity index is 1600. The summed E-state index contributed by atoms with van der Waals surface area (Å²) >= 11 is 4.37. The first-order chi connectivity index (χ1) is 18.4. The number of thioether (sulfide) groups is 1. The summed E-state index contributed by atoms with van der Waals surface area (Å²) in [6.07, 6.45) is 1.64. The van der Waals surface area contributed by atoms with Crippen molar-refractivity contribution in [3.8, 4) is 5.75 Å². The molecule has 6 nitrogen and oxygen atoms in total. The van der Waals surface area contributed by atoms with E-state index in [-0.39, 0.29) is 11.4 Å². The zero-order valence-corrected chi connectivity index (χ0v) is 22.8. The van der Waals surface area contributed by atoms with Crippen LogP contribution in [0.4, 0.5) is 10.5 Å². The largest absolute Gasteiger partial charge is 0.488 e. The molecule has 1 aliphatic rings. The Morgan fingerprint density at radius 1 is 1.00 bits per heavy atom. The fraction of sp³-hybridized carbons (Fsp3) is 0.100. The number of nitrogens with one attached hydrogen (secondary N) is 1. The number of anilines is 1. The molecular formula is C30H23BrN2O4S. The number of halogens is 1. The molecule has 0 radical (unpaired) electrons. The molecule has 5 rings (SSSR count). The molecule has 190 valence electrons. The number of amides is 3. The highest BCUT2D eigenvalue weighted by molar-refractivity contribution is 9.10. The van der Waals surface area contributed by atoms with Gasteiger partial charge in [-0.05, 0) is 92.4 Å². The molecule has 0 saturated carbocycles. The smallest absolute Gasteiger partial charge is 0.294 e. The van der Waals surface area contributed by atoms with E-state index in [1.54, 1.807) is 12.1 Å². The van der Waals surface area contributed by atoms with Crippen LogP contribution in [0.3, 0.4) is 0 Å². The van der Waals surface area contributed by atoms with Gasteiger partial charge in [0, 0.05) is 5.69 Å². The predicted octanol–water partition coefficient (Wildman–Crippen LogP) is 7.16. The van der Waals surface area contributed by atoms with Crippen LogP contribution in [0.2, 0.25) is 0 Å². The molecule has 0 spiro atoms. The summed E-state index contributed by atoms with van der Waals surface area (Å²) in [4.78, 5) is 39.0. The van der Waals surface area contributed by atoms with Gasteiger partial charge in [-0.2, -0.15) is 0 Å². The van der Waals surface area contributed by atoms with E-state index >= 15 is 0 Å². The van der Waals surface area contributed by atoms with E-state index in [0.717, 1.165) is 48.6 Å². The summed E-state index contributed by atoms with van der Waals surface area (Å²) in [5.74, 6) is -0.266. The molecular weight excluding hydrogens is 564 g/mol. The molecule has 0 bridgehead atoms. The zero-order chi connectivity index (χ0) is 26.6. The fourth-order valence-corrected chi connectivity index (χ4v) is 5.50. The second kappa shape index (κ2) is 11.2. The Balaban J connectivity index is 1.24. The number of imide groups is 1. The highest BCUT2D eigenvalue weighted by Crippen LogP contribution is 2.34. The third kappa shape index (κ3) is 5.82. The van der Waals surface area contributed by atoms with E-state index in [4.69, 9.17) is 4.74 Å². The number of ether oxygens (including phenoxy) is 1. The quantitative estimate of drug-likeness (QED) is 0.232. The molecule has 3 amide bonds. The van der Waals surface area contributed by atoms with Gasteiger partial charge < -0.3 is 10.1 Å². The lowest BCUT2D eigenvalue weighted by Crippen LogP contribution is -2.36. The monoisotopic (exact) mass is 586 g/mol. The van der Waals surface area contributed by atoms with Crippen molar-refractivity contribution in [1.82, 2.24) is 4.90 Å². The highest BCUT2D eigenvalue weighted by atomic mass is 79.9. The molecule has 4 aromatic carbocycles. The van der Waals surface area contributed by atoms with Gasteiger partial charge in [0.15, 0.2) is 0 Å². The van der Waals surface area contributed by atoms with E-state index in [1.165, 1.54) is 0 Å². The molecule has 0 unspecified atom stereocenters. The third-order valence-electron chi connectivity index (χ3n) is 5.99. The van der Waals surface area contributed by atoms with Gasteiger partial charge in [-0.3, -0.25) is 19.3 Å². The van der Waals surface area contributed by atoms with Gasteiger partial charge >= 0.3 is 0 Å². The first-order valence-corrected chi connectivity index (χ1v) is 13.5. The molecule has 1 heterocycles. The van der Waals surface area contributed by atoms with Gasteiger partial charge in [-0.1, -0.05) is 60.7 Å². The molecule has 4 aromatic rings. The molecule has 38 heavy (non-hydrogen) atoms. The van der Waals surface area contributed by atoms with Crippen LogP contribution in [0, 0.1) is 6.92 Å². The Labute approximate surface area is 232 Å². The van der Waals surface area contributed by atoms with Crippen LogP contribution < -0.4 is 10.1 Å². The Morgan fingerprint density at radius 3 is 2.61 bits per heavy atom. The summed E-state index contributed by atoms with van der Waals surface area (Å²) in [6, 6.07) is 27.1. The lowest BCUT2D eigenvalue weighted by molar-refractivity contribution is -0.127. The zero-order valence-electron chi connectivity index (χ0n) is 20.4. The van der Waals surface area contributed by atoms with Gasteiger partial charge in [0.1, 0.15) is 18.9 Å². The number of aryl methyl sites for hydroxylation is 1. The van der Waals surface area contributed by atoms with Crippen LogP contribution >= 0.6 is 27.7 Å². The number of benzene rings is 4. The van der Waals surface area contributed by atoms with Gasteiger partial charge in [0.25, 0.3) is 11.1 Å². The minimum atomic E-state index is -0.494. The maximum Gasteiger partial charge on any atom is 0.294 e. The molecule has 1 N–H and O–H groups in total. The predicted molar refractivity (Wildman–Crippen MR) is 155 cm³/mol. The van der Waals surface area contributed by atoms with Crippen molar-refractivity contribution in [3.05, 3.63) is 111 Å². The minimum Gasteiger partial charge on any atom is -0.488 e. The van der Waals surface area contributed by atoms with E-state index in [2.05, 4.69) is 39.4 Å². The van der Waals surface area contributed by atoms with Crippen LogP contribution in [0.5, 0.6) is 5.75 Å². The second-order valence-electron chi connectivity index (χ2n) is 8.80. The molecule has 1 aliphatic heterocycles. The van der Waals surface area contributed by atoms with Gasteiger partial charge in [0.2, 0.25) is 5.91 Å². The molecule has 1 fully saturated rings.